The molecule has 1 saturated heterocycles. The van der Waals surface area contributed by atoms with Gasteiger partial charge in [0, 0.05) is 32.7 Å². The number of hydrogen-bond donors (Lipinski definition) is 2. The smallest absolute Gasteiger partial charge is 0.387 e. The molecule has 0 radical (unpaired) electrons. The average Bonchev–Trinajstić information content (AvgIpc) is 3.20. The van der Waals surface area contributed by atoms with Crippen LogP contribution in [0, 0.1) is 0 Å². The van der Waals surface area contributed by atoms with Crippen LogP contribution < -0.4 is 20.3 Å². The Morgan fingerprint density at radius 2 is 2.07 bits per heavy atom. The predicted octanol–water partition coefficient (Wildman–Crippen LogP) is 4.30. The maximum Gasteiger partial charge on any atom is 0.387 e. The SMILES string of the molecule is CN=C(NCc1cccc(OC(F)F)c1)NC1CCN(c2cccs2)CC1.I. The summed E-state index contributed by atoms with van der Waals surface area (Å²) < 4.78 is 29.1. The van der Waals surface area contributed by atoms with Crippen LogP contribution in [0.2, 0.25) is 0 Å². The number of thiophene rings is 1. The summed E-state index contributed by atoms with van der Waals surface area (Å²) in [7, 11) is 1.73. The molecule has 2 heterocycles. The molecule has 1 fully saturated rings. The predicted molar refractivity (Wildman–Crippen MR) is 121 cm³/mol. The van der Waals surface area contributed by atoms with Crippen LogP contribution in [0.25, 0.3) is 0 Å². The van der Waals surface area contributed by atoms with Crippen molar-refractivity contribution in [3.05, 3.63) is 47.3 Å². The second-order valence-electron chi connectivity index (χ2n) is 6.31. The first-order valence-corrected chi connectivity index (χ1v) is 9.81. The largest absolute Gasteiger partial charge is 0.435 e. The van der Waals surface area contributed by atoms with E-state index in [4.69, 9.17) is 0 Å². The first-order valence-electron chi connectivity index (χ1n) is 8.93. The Morgan fingerprint density at radius 3 is 2.71 bits per heavy atom. The Bertz CT molecular complexity index is 737. The fourth-order valence-corrected chi connectivity index (χ4v) is 3.88. The van der Waals surface area contributed by atoms with Gasteiger partial charge in [0.1, 0.15) is 5.75 Å². The van der Waals surface area contributed by atoms with Gasteiger partial charge in [0.2, 0.25) is 0 Å². The third-order valence-corrected chi connectivity index (χ3v) is 5.39. The molecule has 1 aliphatic heterocycles. The molecule has 1 aliphatic rings. The number of hydrogen-bond acceptors (Lipinski definition) is 4. The number of piperidine rings is 1. The molecular formula is C19H25F2IN4OS. The first-order chi connectivity index (χ1) is 13.1. The number of alkyl halides is 2. The van der Waals surface area contributed by atoms with E-state index in [0.29, 0.717) is 18.5 Å². The number of nitrogens with zero attached hydrogens (tertiary/aromatic N) is 2. The molecule has 0 unspecified atom stereocenters. The van der Waals surface area contributed by atoms with Crippen molar-refractivity contribution >= 4 is 46.3 Å². The summed E-state index contributed by atoms with van der Waals surface area (Å²) in [4.78, 5) is 6.68. The second-order valence-corrected chi connectivity index (χ2v) is 7.23. The van der Waals surface area contributed by atoms with Crippen LogP contribution in [-0.2, 0) is 6.54 Å². The van der Waals surface area contributed by atoms with Crippen LogP contribution in [0.4, 0.5) is 13.8 Å². The molecule has 28 heavy (non-hydrogen) atoms. The molecule has 0 spiro atoms. The molecule has 0 bridgehead atoms. The fraction of sp³-hybridized carbons (Fsp3) is 0.421. The van der Waals surface area contributed by atoms with Gasteiger partial charge in [0.05, 0.1) is 5.00 Å². The number of rotatable bonds is 6. The monoisotopic (exact) mass is 522 g/mol. The van der Waals surface area contributed by atoms with Crippen LogP contribution in [0.3, 0.4) is 0 Å². The fourth-order valence-electron chi connectivity index (χ4n) is 3.10. The summed E-state index contributed by atoms with van der Waals surface area (Å²) in [6.45, 7) is -0.305. The maximum absolute atomic E-state index is 12.3. The van der Waals surface area contributed by atoms with E-state index in [1.54, 1.807) is 30.5 Å². The molecule has 0 aliphatic carbocycles. The van der Waals surface area contributed by atoms with Gasteiger partial charge >= 0.3 is 6.61 Å². The average molecular weight is 522 g/mol. The molecule has 1 aromatic heterocycles. The van der Waals surface area contributed by atoms with Gasteiger partial charge in [-0.15, -0.1) is 35.3 Å². The molecule has 0 atom stereocenters. The van der Waals surface area contributed by atoms with E-state index in [1.807, 2.05) is 6.07 Å². The molecule has 9 heteroatoms. The van der Waals surface area contributed by atoms with E-state index in [-0.39, 0.29) is 29.7 Å². The normalized spacial score (nSPS) is 15.3. The minimum Gasteiger partial charge on any atom is -0.435 e. The third-order valence-electron chi connectivity index (χ3n) is 4.46. The summed E-state index contributed by atoms with van der Waals surface area (Å²) in [6, 6.07) is 11.3. The maximum atomic E-state index is 12.3. The quantitative estimate of drug-likeness (QED) is 0.338. The summed E-state index contributed by atoms with van der Waals surface area (Å²) in [6.07, 6.45) is 2.08. The first kappa shape index (κ1) is 22.7. The summed E-state index contributed by atoms with van der Waals surface area (Å²) >= 11 is 1.77. The zero-order valence-corrected chi connectivity index (χ0v) is 18.8. The molecule has 2 N–H and O–H groups in total. The number of anilines is 1. The number of nitrogens with one attached hydrogen (secondary N) is 2. The van der Waals surface area contributed by atoms with Gasteiger partial charge in [0.15, 0.2) is 5.96 Å². The molecule has 154 valence electrons. The van der Waals surface area contributed by atoms with E-state index in [2.05, 4.69) is 42.8 Å². The summed E-state index contributed by atoms with van der Waals surface area (Å²) in [5.74, 6) is 0.873. The Kier molecular flexibility index (Phi) is 9.23. The zero-order chi connectivity index (χ0) is 19.1. The number of ether oxygens (including phenoxy) is 1. The Hall–Kier alpha value is -1.62. The van der Waals surface area contributed by atoms with Crippen LogP contribution in [0.1, 0.15) is 18.4 Å². The molecule has 5 nitrogen and oxygen atoms in total. The number of halogens is 3. The van der Waals surface area contributed by atoms with E-state index < -0.39 is 6.61 Å². The lowest BCUT2D eigenvalue weighted by molar-refractivity contribution is -0.0498. The van der Waals surface area contributed by atoms with Gasteiger partial charge in [-0.1, -0.05) is 12.1 Å². The van der Waals surface area contributed by atoms with Crippen molar-refractivity contribution in [3.8, 4) is 5.75 Å². The van der Waals surface area contributed by atoms with Crippen molar-refractivity contribution in [2.75, 3.05) is 25.0 Å². The van der Waals surface area contributed by atoms with E-state index in [0.717, 1.165) is 31.5 Å². The molecule has 1 aromatic carbocycles. The van der Waals surface area contributed by atoms with Crippen molar-refractivity contribution in [2.45, 2.75) is 32.0 Å². The van der Waals surface area contributed by atoms with Gasteiger partial charge in [-0.05, 0) is 48.1 Å². The summed E-state index contributed by atoms with van der Waals surface area (Å²) in [5, 5.41) is 10.1. The number of guanidine groups is 1. The van der Waals surface area contributed by atoms with Gasteiger partial charge in [-0.3, -0.25) is 4.99 Å². The minimum atomic E-state index is -2.82. The second kappa shape index (κ2) is 11.4. The van der Waals surface area contributed by atoms with Gasteiger partial charge in [-0.2, -0.15) is 8.78 Å². The van der Waals surface area contributed by atoms with Crippen molar-refractivity contribution < 1.29 is 13.5 Å². The van der Waals surface area contributed by atoms with Crippen molar-refractivity contribution in [1.29, 1.82) is 0 Å². The molecule has 0 saturated carbocycles. The number of benzene rings is 1. The Balaban J connectivity index is 0.00000280. The van der Waals surface area contributed by atoms with E-state index in [1.165, 1.54) is 11.1 Å². The lowest BCUT2D eigenvalue weighted by Gasteiger charge is -2.33. The number of aliphatic imine (C=N–C) groups is 1. The third kappa shape index (κ3) is 6.77. The highest BCUT2D eigenvalue weighted by Crippen LogP contribution is 2.24. The highest BCUT2D eigenvalue weighted by Gasteiger charge is 2.20. The van der Waals surface area contributed by atoms with Gasteiger partial charge in [-0.25, -0.2) is 0 Å². The van der Waals surface area contributed by atoms with E-state index in [9.17, 15) is 8.78 Å². The molecule has 0 amide bonds. The molecule has 2 aromatic rings. The molecule has 3 rings (SSSR count). The molecular weight excluding hydrogens is 497 g/mol. The Morgan fingerprint density at radius 1 is 1.29 bits per heavy atom. The van der Waals surface area contributed by atoms with Crippen molar-refractivity contribution in [3.63, 3.8) is 0 Å². The van der Waals surface area contributed by atoms with Gasteiger partial charge in [0.25, 0.3) is 0 Å². The highest BCUT2D eigenvalue weighted by molar-refractivity contribution is 14.0. The van der Waals surface area contributed by atoms with Crippen LogP contribution in [0.5, 0.6) is 5.75 Å². The van der Waals surface area contributed by atoms with Crippen LogP contribution >= 0.6 is 35.3 Å². The standard InChI is InChI=1S/C19H24F2N4OS.HI/c1-22-19(23-13-14-4-2-5-16(12-14)26-18(20)21)24-15-7-9-25(10-8-15)17-6-3-11-27-17;/h2-6,11-12,15,18H,7-10,13H2,1H3,(H2,22,23,24);1H. The Labute approximate surface area is 185 Å². The zero-order valence-electron chi connectivity index (χ0n) is 15.6. The van der Waals surface area contributed by atoms with Crippen molar-refractivity contribution in [1.82, 2.24) is 10.6 Å². The van der Waals surface area contributed by atoms with Crippen LogP contribution in [-0.4, -0.2) is 38.8 Å². The van der Waals surface area contributed by atoms with Crippen LogP contribution in [0.15, 0.2) is 46.8 Å². The minimum absolute atomic E-state index is 0. The summed E-state index contributed by atoms with van der Waals surface area (Å²) in [5.41, 5.74) is 0.851. The topological polar surface area (TPSA) is 48.9 Å². The lowest BCUT2D eigenvalue weighted by Crippen LogP contribution is -2.48. The van der Waals surface area contributed by atoms with E-state index >= 15 is 0 Å². The van der Waals surface area contributed by atoms with Gasteiger partial charge < -0.3 is 20.3 Å². The highest BCUT2D eigenvalue weighted by atomic mass is 127. The lowest BCUT2D eigenvalue weighted by atomic mass is 10.1. The van der Waals surface area contributed by atoms with Crippen molar-refractivity contribution in [2.24, 2.45) is 4.99 Å².